The molecule has 1 N–H and O–H groups in total. The highest BCUT2D eigenvalue weighted by atomic mass is 127. The van der Waals surface area contributed by atoms with Crippen LogP contribution in [0.4, 0.5) is 4.39 Å². The van der Waals surface area contributed by atoms with Crippen molar-refractivity contribution < 1.29 is 9.50 Å². The van der Waals surface area contributed by atoms with E-state index in [2.05, 4.69) is 0 Å². The van der Waals surface area contributed by atoms with Crippen molar-refractivity contribution in [1.82, 2.24) is 0 Å². The Bertz CT molecular complexity index is 239. The lowest BCUT2D eigenvalue weighted by molar-refractivity contribution is 0.428. The highest BCUT2D eigenvalue weighted by Gasteiger charge is 2.04. The van der Waals surface area contributed by atoms with Crippen molar-refractivity contribution in [3.8, 4) is 5.75 Å². The molecule has 0 aromatic heterocycles. The minimum atomic E-state index is -0.559. The molecule has 1 nitrogen and oxygen atoms in total. The summed E-state index contributed by atoms with van der Waals surface area (Å²) in [7, 11) is 0. The van der Waals surface area contributed by atoms with Gasteiger partial charge in [-0.1, -0.05) is 0 Å². The van der Waals surface area contributed by atoms with Crippen LogP contribution < -0.4 is 0 Å². The Balaban J connectivity index is 3.31. The van der Waals surface area contributed by atoms with E-state index in [1.54, 1.807) is 6.07 Å². The molecule has 1 aromatic rings. The summed E-state index contributed by atoms with van der Waals surface area (Å²) in [4.78, 5) is 0. The van der Waals surface area contributed by atoms with Gasteiger partial charge < -0.3 is 5.11 Å². The standard InChI is InChI=1S/C6H3FI2O/c7-4-1-3(8)2-5(9)6(4)10/h1-2,10H. The van der Waals surface area contributed by atoms with E-state index < -0.39 is 5.82 Å². The van der Waals surface area contributed by atoms with Crippen LogP contribution in [0.25, 0.3) is 0 Å². The molecule has 1 rings (SSSR count). The highest BCUT2D eigenvalue weighted by Crippen LogP contribution is 2.24. The lowest BCUT2D eigenvalue weighted by Crippen LogP contribution is -1.82. The van der Waals surface area contributed by atoms with Crippen molar-refractivity contribution in [3.63, 3.8) is 0 Å². The first-order valence-corrected chi connectivity index (χ1v) is 4.60. The number of hydrogen-bond donors (Lipinski definition) is 1. The summed E-state index contributed by atoms with van der Waals surface area (Å²) in [6.07, 6.45) is 0. The SMILES string of the molecule is Oc1c(F)cc(I)cc1I. The van der Waals surface area contributed by atoms with E-state index in [-0.39, 0.29) is 5.75 Å². The number of hydrogen-bond acceptors (Lipinski definition) is 1. The first-order valence-electron chi connectivity index (χ1n) is 2.45. The average Bonchev–Trinajstić information content (AvgIpc) is 1.82. The van der Waals surface area contributed by atoms with Gasteiger partial charge in [-0.3, -0.25) is 0 Å². The predicted octanol–water partition coefficient (Wildman–Crippen LogP) is 2.74. The van der Waals surface area contributed by atoms with E-state index in [0.717, 1.165) is 3.57 Å². The Morgan fingerprint density at radius 2 is 1.90 bits per heavy atom. The van der Waals surface area contributed by atoms with Gasteiger partial charge in [0.1, 0.15) is 0 Å². The van der Waals surface area contributed by atoms with E-state index in [1.807, 2.05) is 45.2 Å². The second-order valence-electron chi connectivity index (χ2n) is 1.72. The van der Waals surface area contributed by atoms with E-state index in [9.17, 15) is 4.39 Å². The molecule has 0 aliphatic heterocycles. The van der Waals surface area contributed by atoms with E-state index in [1.165, 1.54) is 6.07 Å². The van der Waals surface area contributed by atoms with Crippen molar-refractivity contribution in [1.29, 1.82) is 0 Å². The molecule has 0 unspecified atom stereocenters. The molecule has 0 spiro atoms. The van der Waals surface area contributed by atoms with E-state index in [4.69, 9.17) is 5.11 Å². The molecule has 0 aliphatic carbocycles. The van der Waals surface area contributed by atoms with Gasteiger partial charge in [-0.15, -0.1) is 0 Å². The number of halogens is 3. The maximum atomic E-state index is 12.6. The van der Waals surface area contributed by atoms with Crippen LogP contribution in [0.2, 0.25) is 0 Å². The Hall–Kier alpha value is 0.410. The molecule has 0 atom stereocenters. The van der Waals surface area contributed by atoms with Gasteiger partial charge in [-0.05, 0) is 57.3 Å². The molecule has 0 aliphatic rings. The van der Waals surface area contributed by atoms with Gasteiger partial charge in [0.05, 0.1) is 3.57 Å². The fraction of sp³-hybridized carbons (Fsp3) is 0. The third-order valence-electron chi connectivity index (χ3n) is 0.982. The van der Waals surface area contributed by atoms with E-state index >= 15 is 0 Å². The third-order valence-corrected chi connectivity index (χ3v) is 2.43. The zero-order valence-electron chi connectivity index (χ0n) is 4.74. The Morgan fingerprint density at radius 3 is 2.40 bits per heavy atom. The molecule has 10 heavy (non-hydrogen) atoms. The molecule has 0 amide bonds. The van der Waals surface area contributed by atoms with E-state index in [0.29, 0.717) is 3.57 Å². The van der Waals surface area contributed by atoms with Crippen LogP contribution in [0, 0.1) is 13.0 Å². The van der Waals surface area contributed by atoms with Gasteiger partial charge >= 0.3 is 0 Å². The number of benzene rings is 1. The van der Waals surface area contributed by atoms with Gasteiger partial charge in [0, 0.05) is 3.57 Å². The summed E-state index contributed by atoms with van der Waals surface area (Å²) in [5, 5.41) is 8.94. The summed E-state index contributed by atoms with van der Waals surface area (Å²) < 4.78 is 13.9. The summed E-state index contributed by atoms with van der Waals surface area (Å²) >= 11 is 3.87. The minimum absolute atomic E-state index is 0.263. The molecular weight excluding hydrogens is 361 g/mol. The molecule has 0 saturated carbocycles. The molecule has 1 aromatic carbocycles. The van der Waals surface area contributed by atoms with Crippen LogP contribution in [-0.2, 0) is 0 Å². The maximum absolute atomic E-state index is 12.6. The van der Waals surface area contributed by atoms with Crippen LogP contribution in [0.1, 0.15) is 0 Å². The average molecular weight is 364 g/mol. The second kappa shape index (κ2) is 3.21. The van der Waals surface area contributed by atoms with Crippen molar-refractivity contribution >= 4 is 45.2 Å². The number of rotatable bonds is 0. The second-order valence-corrected chi connectivity index (χ2v) is 4.13. The van der Waals surface area contributed by atoms with Crippen molar-refractivity contribution in [2.75, 3.05) is 0 Å². The fourth-order valence-corrected chi connectivity index (χ4v) is 2.31. The van der Waals surface area contributed by atoms with Crippen LogP contribution in [0.3, 0.4) is 0 Å². The minimum Gasteiger partial charge on any atom is -0.504 e. The lowest BCUT2D eigenvalue weighted by Gasteiger charge is -1.97. The summed E-state index contributed by atoms with van der Waals surface area (Å²) in [6, 6.07) is 3.00. The van der Waals surface area contributed by atoms with Crippen molar-refractivity contribution in [2.24, 2.45) is 0 Å². The molecule has 0 heterocycles. The maximum Gasteiger partial charge on any atom is 0.166 e. The van der Waals surface area contributed by atoms with Crippen molar-refractivity contribution in [2.45, 2.75) is 0 Å². The highest BCUT2D eigenvalue weighted by molar-refractivity contribution is 14.1. The summed E-state index contributed by atoms with van der Waals surface area (Å²) in [5.74, 6) is -0.822. The molecule has 4 heteroatoms. The molecular formula is C6H3FI2O. The molecule has 0 fully saturated rings. The van der Waals surface area contributed by atoms with Crippen LogP contribution in [0.15, 0.2) is 12.1 Å². The van der Waals surface area contributed by atoms with Gasteiger partial charge in [-0.25, -0.2) is 4.39 Å². The summed E-state index contributed by atoms with van der Waals surface area (Å²) in [6.45, 7) is 0. The number of phenols is 1. The van der Waals surface area contributed by atoms with Gasteiger partial charge in [-0.2, -0.15) is 0 Å². The smallest absolute Gasteiger partial charge is 0.166 e. The monoisotopic (exact) mass is 364 g/mol. The van der Waals surface area contributed by atoms with Gasteiger partial charge in [0.15, 0.2) is 11.6 Å². The predicted molar refractivity (Wildman–Crippen MR) is 53.5 cm³/mol. The van der Waals surface area contributed by atoms with Gasteiger partial charge in [0.2, 0.25) is 0 Å². The number of aromatic hydroxyl groups is 1. The van der Waals surface area contributed by atoms with Crippen LogP contribution >= 0.6 is 45.2 Å². The zero-order valence-corrected chi connectivity index (χ0v) is 9.05. The number of phenolic OH excluding ortho intramolecular Hbond substituents is 1. The summed E-state index contributed by atoms with van der Waals surface area (Å²) in [5.41, 5.74) is 0. The molecule has 0 radical (unpaired) electrons. The fourth-order valence-electron chi connectivity index (χ4n) is 0.535. The molecule has 54 valence electrons. The molecule has 0 saturated heterocycles. The topological polar surface area (TPSA) is 20.2 Å². The quantitative estimate of drug-likeness (QED) is 0.703. The largest absolute Gasteiger partial charge is 0.504 e. The Morgan fingerprint density at radius 1 is 1.30 bits per heavy atom. The van der Waals surface area contributed by atoms with Crippen LogP contribution in [-0.4, -0.2) is 5.11 Å². The van der Waals surface area contributed by atoms with Crippen LogP contribution in [0.5, 0.6) is 5.75 Å². The van der Waals surface area contributed by atoms with Gasteiger partial charge in [0.25, 0.3) is 0 Å². The molecule has 0 bridgehead atoms. The first-order chi connectivity index (χ1) is 4.61. The Labute approximate surface area is 84.9 Å². The Kier molecular flexibility index (Phi) is 2.73. The van der Waals surface area contributed by atoms with Crippen molar-refractivity contribution in [3.05, 3.63) is 25.1 Å². The third kappa shape index (κ3) is 1.71. The lowest BCUT2D eigenvalue weighted by atomic mass is 10.3. The normalized spacial score (nSPS) is 9.90. The first kappa shape index (κ1) is 8.51. The zero-order chi connectivity index (χ0) is 7.72.